The number of carbonyl (C=O) groups excluding carboxylic acids is 1. The zero-order valence-corrected chi connectivity index (χ0v) is 14.5. The van der Waals surface area contributed by atoms with Crippen LogP contribution in [0.25, 0.3) is 0 Å². The van der Waals surface area contributed by atoms with Crippen molar-refractivity contribution in [2.75, 3.05) is 6.54 Å². The number of carbonyl (C=O) groups is 1. The Balaban J connectivity index is 1.72. The van der Waals surface area contributed by atoms with Gasteiger partial charge in [-0.15, -0.1) is 0 Å². The lowest BCUT2D eigenvalue weighted by Crippen LogP contribution is -2.52. The molecule has 1 heterocycles. The molecule has 128 valence electrons. The molecule has 4 nitrogen and oxygen atoms in total. The van der Waals surface area contributed by atoms with Gasteiger partial charge in [-0.3, -0.25) is 9.69 Å². The fourth-order valence-electron chi connectivity index (χ4n) is 3.23. The second-order valence-electron chi connectivity index (χ2n) is 6.66. The van der Waals surface area contributed by atoms with Crippen molar-refractivity contribution in [3.8, 4) is 6.07 Å². The van der Waals surface area contributed by atoms with Crippen molar-refractivity contribution in [1.29, 1.82) is 5.26 Å². The molecule has 2 aromatic carbocycles. The topological polar surface area (TPSA) is 56.1 Å². The first-order chi connectivity index (χ1) is 12.2. The van der Waals surface area contributed by atoms with E-state index in [0.717, 1.165) is 25.1 Å². The van der Waals surface area contributed by atoms with Crippen LogP contribution in [-0.4, -0.2) is 23.5 Å². The highest BCUT2D eigenvalue weighted by Crippen LogP contribution is 2.23. The molecule has 1 saturated heterocycles. The summed E-state index contributed by atoms with van der Waals surface area (Å²) in [5.41, 5.74) is 3.00. The standard InChI is InChI=1S/C21H23N3O/c1-16-7-9-19(10-8-16)21(25)23-20-13-18(14-22)11-12-24(20)15-17-5-3-2-4-6-17/h2-10,18,20H,11-13,15H2,1H3,(H,23,25). The van der Waals surface area contributed by atoms with Crippen molar-refractivity contribution in [3.05, 3.63) is 71.3 Å². The van der Waals surface area contributed by atoms with Gasteiger partial charge in [-0.05, 0) is 37.5 Å². The average molecular weight is 333 g/mol. The van der Waals surface area contributed by atoms with Crippen molar-refractivity contribution in [2.45, 2.75) is 32.5 Å². The molecular formula is C21H23N3O. The lowest BCUT2D eigenvalue weighted by molar-refractivity contribution is 0.0697. The second kappa shape index (κ2) is 7.96. The zero-order valence-electron chi connectivity index (χ0n) is 14.5. The minimum Gasteiger partial charge on any atom is -0.336 e. The van der Waals surface area contributed by atoms with Gasteiger partial charge in [0, 0.05) is 18.7 Å². The lowest BCUT2D eigenvalue weighted by Gasteiger charge is -2.38. The fourth-order valence-corrected chi connectivity index (χ4v) is 3.23. The number of amides is 1. The van der Waals surface area contributed by atoms with E-state index < -0.39 is 0 Å². The van der Waals surface area contributed by atoms with Gasteiger partial charge in [0.05, 0.1) is 18.2 Å². The van der Waals surface area contributed by atoms with Gasteiger partial charge < -0.3 is 5.32 Å². The van der Waals surface area contributed by atoms with Gasteiger partial charge in [-0.25, -0.2) is 0 Å². The first kappa shape index (κ1) is 17.2. The van der Waals surface area contributed by atoms with Crippen LogP contribution in [0.4, 0.5) is 0 Å². The molecule has 25 heavy (non-hydrogen) atoms. The van der Waals surface area contributed by atoms with Crippen LogP contribution in [0.3, 0.4) is 0 Å². The number of likely N-dealkylation sites (tertiary alicyclic amines) is 1. The van der Waals surface area contributed by atoms with Gasteiger partial charge in [-0.2, -0.15) is 5.26 Å². The molecular weight excluding hydrogens is 310 g/mol. The average Bonchev–Trinajstić information content (AvgIpc) is 2.64. The summed E-state index contributed by atoms with van der Waals surface area (Å²) in [4.78, 5) is 14.9. The summed E-state index contributed by atoms with van der Waals surface area (Å²) in [6.45, 7) is 3.59. The summed E-state index contributed by atoms with van der Waals surface area (Å²) in [5, 5.41) is 12.4. The number of hydrogen-bond donors (Lipinski definition) is 1. The van der Waals surface area contributed by atoms with Crippen LogP contribution in [-0.2, 0) is 6.54 Å². The molecule has 3 rings (SSSR count). The molecule has 2 atom stereocenters. The minimum atomic E-state index is -0.118. The fraction of sp³-hybridized carbons (Fsp3) is 0.333. The number of aryl methyl sites for hydroxylation is 1. The maximum absolute atomic E-state index is 12.6. The maximum atomic E-state index is 12.6. The van der Waals surface area contributed by atoms with E-state index in [1.165, 1.54) is 5.56 Å². The molecule has 1 amide bonds. The summed E-state index contributed by atoms with van der Waals surface area (Å²) < 4.78 is 0. The summed E-state index contributed by atoms with van der Waals surface area (Å²) >= 11 is 0. The van der Waals surface area contributed by atoms with Crippen LogP contribution in [0, 0.1) is 24.2 Å². The third kappa shape index (κ3) is 4.46. The Bertz CT molecular complexity index is 749. The van der Waals surface area contributed by atoms with E-state index in [9.17, 15) is 10.1 Å². The molecule has 4 heteroatoms. The summed E-state index contributed by atoms with van der Waals surface area (Å²) in [6, 6.07) is 20.2. The molecule has 0 aromatic heterocycles. The van der Waals surface area contributed by atoms with Crippen LogP contribution in [0.2, 0.25) is 0 Å². The van der Waals surface area contributed by atoms with E-state index in [1.807, 2.05) is 49.4 Å². The van der Waals surface area contributed by atoms with Crippen LogP contribution >= 0.6 is 0 Å². The lowest BCUT2D eigenvalue weighted by atomic mass is 9.95. The predicted octanol–water partition coefficient (Wildman–Crippen LogP) is 3.49. The van der Waals surface area contributed by atoms with Crippen LogP contribution < -0.4 is 5.32 Å². The molecule has 0 saturated carbocycles. The van der Waals surface area contributed by atoms with Crippen LogP contribution in [0.15, 0.2) is 54.6 Å². The molecule has 0 radical (unpaired) electrons. The highest BCUT2D eigenvalue weighted by Gasteiger charge is 2.29. The van der Waals surface area contributed by atoms with E-state index in [2.05, 4.69) is 28.4 Å². The van der Waals surface area contributed by atoms with Gasteiger partial charge in [0.25, 0.3) is 5.91 Å². The summed E-state index contributed by atoms with van der Waals surface area (Å²) in [6.07, 6.45) is 1.40. The smallest absolute Gasteiger partial charge is 0.252 e. The molecule has 0 bridgehead atoms. The molecule has 0 aliphatic carbocycles. The molecule has 0 spiro atoms. The van der Waals surface area contributed by atoms with Crippen molar-refractivity contribution in [1.82, 2.24) is 10.2 Å². The monoisotopic (exact) mass is 333 g/mol. The third-order valence-electron chi connectivity index (χ3n) is 4.74. The van der Waals surface area contributed by atoms with E-state index in [4.69, 9.17) is 0 Å². The van der Waals surface area contributed by atoms with Crippen molar-refractivity contribution in [3.63, 3.8) is 0 Å². The normalized spacial score (nSPS) is 20.6. The number of benzene rings is 2. The van der Waals surface area contributed by atoms with E-state index in [0.29, 0.717) is 12.0 Å². The predicted molar refractivity (Wildman–Crippen MR) is 97.6 cm³/mol. The Morgan fingerprint density at radius 2 is 1.92 bits per heavy atom. The van der Waals surface area contributed by atoms with Crippen molar-refractivity contribution < 1.29 is 4.79 Å². The Morgan fingerprint density at radius 1 is 1.20 bits per heavy atom. The Morgan fingerprint density at radius 3 is 2.60 bits per heavy atom. The number of nitrogens with one attached hydrogen (secondary N) is 1. The zero-order chi connectivity index (χ0) is 17.6. The molecule has 1 aliphatic heterocycles. The van der Waals surface area contributed by atoms with Gasteiger partial charge >= 0.3 is 0 Å². The molecule has 1 aliphatic rings. The van der Waals surface area contributed by atoms with E-state index >= 15 is 0 Å². The highest BCUT2D eigenvalue weighted by atomic mass is 16.1. The Hall–Kier alpha value is -2.64. The maximum Gasteiger partial charge on any atom is 0.252 e. The number of nitrogens with zero attached hydrogens (tertiary/aromatic N) is 2. The number of rotatable bonds is 4. The van der Waals surface area contributed by atoms with Gasteiger partial charge in [0.2, 0.25) is 0 Å². The molecule has 2 unspecified atom stereocenters. The first-order valence-corrected chi connectivity index (χ1v) is 8.71. The molecule has 2 aromatic rings. The largest absolute Gasteiger partial charge is 0.336 e. The third-order valence-corrected chi connectivity index (χ3v) is 4.74. The van der Waals surface area contributed by atoms with Crippen molar-refractivity contribution >= 4 is 5.91 Å². The quantitative estimate of drug-likeness (QED) is 0.932. The molecule has 1 fully saturated rings. The van der Waals surface area contributed by atoms with E-state index in [-0.39, 0.29) is 18.0 Å². The number of nitriles is 1. The van der Waals surface area contributed by atoms with Crippen molar-refractivity contribution in [2.24, 2.45) is 5.92 Å². The number of hydrogen-bond acceptors (Lipinski definition) is 3. The Kier molecular flexibility index (Phi) is 5.47. The minimum absolute atomic E-state index is 0.00431. The Labute approximate surface area is 149 Å². The summed E-state index contributed by atoms with van der Waals surface area (Å²) in [7, 11) is 0. The van der Waals surface area contributed by atoms with Gasteiger partial charge in [-0.1, -0.05) is 48.0 Å². The highest BCUT2D eigenvalue weighted by molar-refractivity contribution is 5.94. The van der Waals surface area contributed by atoms with Crippen LogP contribution in [0.5, 0.6) is 0 Å². The summed E-state index contributed by atoms with van der Waals surface area (Å²) in [5.74, 6) is -0.0861. The second-order valence-corrected chi connectivity index (χ2v) is 6.66. The van der Waals surface area contributed by atoms with Crippen LogP contribution in [0.1, 0.15) is 34.3 Å². The number of piperidine rings is 1. The van der Waals surface area contributed by atoms with E-state index in [1.54, 1.807) is 0 Å². The first-order valence-electron chi connectivity index (χ1n) is 8.71. The van der Waals surface area contributed by atoms with Gasteiger partial charge in [0.1, 0.15) is 0 Å². The molecule has 1 N–H and O–H groups in total. The SMILES string of the molecule is Cc1ccc(C(=O)NC2CC(C#N)CCN2Cc2ccccc2)cc1. The van der Waals surface area contributed by atoms with Gasteiger partial charge in [0.15, 0.2) is 0 Å².